The Hall–Kier alpha value is -1.61. The molecule has 1 aromatic heterocycles. The lowest BCUT2D eigenvalue weighted by Gasteiger charge is -2.22. The van der Waals surface area contributed by atoms with Crippen LogP contribution < -0.4 is 14.8 Å². The summed E-state index contributed by atoms with van der Waals surface area (Å²) < 4.78 is 12.8. The normalized spacial score (nSPS) is 12.7. The highest BCUT2D eigenvalue weighted by molar-refractivity contribution is 14.0. The molecule has 0 aliphatic carbocycles. The molecule has 0 fully saturated rings. The van der Waals surface area contributed by atoms with Crippen molar-refractivity contribution < 1.29 is 9.47 Å². The number of aliphatic imine (C=N–C) groups is 1. The molecule has 2 aromatic rings. The average molecular weight is 477 g/mol. The van der Waals surface area contributed by atoms with Crippen molar-refractivity contribution >= 4 is 41.5 Å². The van der Waals surface area contributed by atoms with Gasteiger partial charge in [-0.15, -0.1) is 24.0 Å². The Morgan fingerprint density at radius 2 is 2.20 bits per heavy atom. The van der Waals surface area contributed by atoms with E-state index in [9.17, 15) is 0 Å². The molecule has 1 N–H and O–H groups in total. The van der Waals surface area contributed by atoms with E-state index in [0.29, 0.717) is 23.1 Å². The van der Waals surface area contributed by atoms with Crippen LogP contribution in [0.5, 0.6) is 11.5 Å². The molecule has 0 spiro atoms. The quantitative estimate of drug-likeness (QED) is 0.418. The van der Waals surface area contributed by atoms with Gasteiger partial charge in [-0.2, -0.15) is 0 Å². The van der Waals surface area contributed by atoms with Crippen molar-refractivity contribution in [2.75, 3.05) is 20.9 Å². The zero-order valence-electron chi connectivity index (χ0n) is 14.5. The third-order valence-corrected chi connectivity index (χ3v) is 4.24. The lowest BCUT2D eigenvalue weighted by molar-refractivity contribution is 0.174. The Kier molecular flexibility index (Phi) is 6.83. The fourth-order valence-corrected chi connectivity index (χ4v) is 2.96. The first-order valence-electron chi connectivity index (χ1n) is 7.68. The Labute approximate surface area is 169 Å². The van der Waals surface area contributed by atoms with Crippen LogP contribution >= 0.6 is 35.6 Å². The molecule has 1 aliphatic rings. The van der Waals surface area contributed by atoms with E-state index in [4.69, 9.17) is 21.1 Å². The largest absolute Gasteiger partial charge is 0.454 e. The van der Waals surface area contributed by atoms with E-state index in [1.807, 2.05) is 38.5 Å². The van der Waals surface area contributed by atoms with Gasteiger partial charge in [0.15, 0.2) is 17.5 Å². The van der Waals surface area contributed by atoms with Crippen LogP contribution in [0.1, 0.15) is 11.3 Å². The summed E-state index contributed by atoms with van der Waals surface area (Å²) in [6.45, 7) is 1.58. The molecular weight excluding hydrogens is 455 g/mol. The van der Waals surface area contributed by atoms with Crippen molar-refractivity contribution in [2.24, 2.45) is 12.0 Å². The number of hydrogen-bond acceptors (Lipinski definition) is 3. The summed E-state index contributed by atoms with van der Waals surface area (Å²) >= 11 is 6.22. The van der Waals surface area contributed by atoms with Gasteiger partial charge in [0.1, 0.15) is 0 Å². The molecule has 0 bridgehead atoms. The number of halogens is 2. The molecule has 3 rings (SSSR count). The molecular formula is C17H22ClIN4O2. The van der Waals surface area contributed by atoms with E-state index >= 15 is 0 Å². The molecule has 0 saturated heterocycles. The molecule has 0 amide bonds. The third kappa shape index (κ3) is 4.52. The van der Waals surface area contributed by atoms with Crippen molar-refractivity contribution in [3.8, 4) is 11.5 Å². The summed E-state index contributed by atoms with van der Waals surface area (Å²) in [5.41, 5.74) is 2.23. The van der Waals surface area contributed by atoms with Gasteiger partial charge in [0.05, 0.1) is 11.6 Å². The van der Waals surface area contributed by atoms with E-state index in [1.54, 1.807) is 7.05 Å². The standard InChI is InChI=1S/C17H21ClN4O2.HI/c1-19-17(22(3)10-13-5-4-6-21(13)2)20-9-12-7-14(18)16-15(8-12)23-11-24-16;/h4-8H,9-11H2,1-3H3,(H,19,20);1H. The van der Waals surface area contributed by atoms with Gasteiger partial charge in [-0.25, -0.2) is 0 Å². The highest BCUT2D eigenvalue weighted by Gasteiger charge is 2.18. The topological polar surface area (TPSA) is 51.0 Å². The zero-order chi connectivity index (χ0) is 17.1. The lowest BCUT2D eigenvalue weighted by Crippen LogP contribution is -2.38. The minimum atomic E-state index is 0. The maximum absolute atomic E-state index is 6.22. The van der Waals surface area contributed by atoms with E-state index in [1.165, 1.54) is 5.69 Å². The van der Waals surface area contributed by atoms with Crippen LogP contribution in [0.15, 0.2) is 35.5 Å². The maximum atomic E-state index is 6.22. The van der Waals surface area contributed by atoms with Gasteiger partial charge in [0.25, 0.3) is 0 Å². The van der Waals surface area contributed by atoms with Crippen LogP contribution in [0, 0.1) is 0 Å². The third-order valence-electron chi connectivity index (χ3n) is 3.96. The van der Waals surface area contributed by atoms with Crippen LogP contribution in [0.25, 0.3) is 0 Å². The first-order valence-corrected chi connectivity index (χ1v) is 8.06. The average Bonchev–Trinajstić information content (AvgIpc) is 3.18. The van der Waals surface area contributed by atoms with Crippen molar-refractivity contribution in [1.29, 1.82) is 0 Å². The molecule has 25 heavy (non-hydrogen) atoms. The summed E-state index contributed by atoms with van der Waals surface area (Å²) in [6, 6.07) is 7.95. The molecule has 1 aliphatic heterocycles. The second-order valence-corrected chi connectivity index (χ2v) is 6.09. The fourth-order valence-electron chi connectivity index (χ4n) is 2.67. The van der Waals surface area contributed by atoms with Crippen LogP contribution in [0.2, 0.25) is 5.02 Å². The van der Waals surface area contributed by atoms with E-state index in [-0.39, 0.29) is 30.8 Å². The van der Waals surface area contributed by atoms with Crippen LogP contribution in [0.4, 0.5) is 0 Å². The van der Waals surface area contributed by atoms with E-state index in [2.05, 4.69) is 25.8 Å². The number of aryl methyl sites for hydroxylation is 1. The second-order valence-electron chi connectivity index (χ2n) is 5.68. The SMILES string of the molecule is CN=C(NCc1cc(Cl)c2c(c1)OCO2)N(C)Cc1cccn1C.I. The van der Waals surface area contributed by atoms with Gasteiger partial charge < -0.3 is 24.3 Å². The minimum Gasteiger partial charge on any atom is -0.454 e. The van der Waals surface area contributed by atoms with Gasteiger partial charge in [0.2, 0.25) is 6.79 Å². The van der Waals surface area contributed by atoms with Gasteiger partial charge in [-0.1, -0.05) is 11.6 Å². The second kappa shape index (κ2) is 8.66. The van der Waals surface area contributed by atoms with Crippen LogP contribution in [0.3, 0.4) is 0 Å². The maximum Gasteiger partial charge on any atom is 0.231 e. The van der Waals surface area contributed by atoms with Gasteiger partial charge in [-0.05, 0) is 29.8 Å². The van der Waals surface area contributed by atoms with Crippen molar-refractivity contribution in [3.63, 3.8) is 0 Å². The van der Waals surface area contributed by atoms with Crippen molar-refractivity contribution in [2.45, 2.75) is 13.1 Å². The zero-order valence-corrected chi connectivity index (χ0v) is 17.5. The monoisotopic (exact) mass is 476 g/mol. The summed E-state index contributed by atoms with van der Waals surface area (Å²) in [5, 5.41) is 3.91. The van der Waals surface area contributed by atoms with Crippen molar-refractivity contribution in [1.82, 2.24) is 14.8 Å². The smallest absolute Gasteiger partial charge is 0.231 e. The summed E-state index contributed by atoms with van der Waals surface area (Å²) in [4.78, 5) is 6.41. The highest BCUT2D eigenvalue weighted by Crippen LogP contribution is 2.39. The number of hydrogen-bond donors (Lipinski definition) is 1. The van der Waals surface area contributed by atoms with Gasteiger partial charge in [0, 0.05) is 39.6 Å². The molecule has 0 radical (unpaired) electrons. The summed E-state index contributed by atoms with van der Waals surface area (Å²) in [6.07, 6.45) is 2.04. The summed E-state index contributed by atoms with van der Waals surface area (Å²) in [5.74, 6) is 2.11. The van der Waals surface area contributed by atoms with E-state index in [0.717, 1.165) is 18.1 Å². The predicted molar refractivity (Wildman–Crippen MR) is 110 cm³/mol. The number of ether oxygens (including phenoxy) is 2. The molecule has 0 saturated carbocycles. The number of fused-ring (bicyclic) bond motifs is 1. The predicted octanol–water partition coefficient (Wildman–Crippen LogP) is 3.23. The number of nitrogens with zero attached hydrogens (tertiary/aromatic N) is 3. The molecule has 6 nitrogen and oxygen atoms in total. The fraction of sp³-hybridized carbons (Fsp3) is 0.353. The Morgan fingerprint density at radius 3 is 2.88 bits per heavy atom. The minimum absolute atomic E-state index is 0. The van der Waals surface area contributed by atoms with E-state index < -0.39 is 0 Å². The molecule has 0 unspecified atom stereocenters. The molecule has 1 aromatic carbocycles. The molecule has 8 heteroatoms. The molecule has 136 valence electrons. The lowest BCUT2D eigenvalue weighted by atomic mass is 10.2. The van der Waals surface area contributed by atoms with Gasteiger partial charge in [-0.3, -0.25) is 4.99 Å². The Morgan fingerprint density at radius 1 is 1.40 bits per heavy atom. The first kappa shape index (κ1) is 19.7. The van der Waals surface area contributed by atoms with Crippen molar-refractivity contribution in [3.05, 3.63) is 46.7 Å². The van der Waals surface area contributed by atoms with Crippen LogP contribution in [-0.4, -0.2) is 36.3 Å². The first-order chi connectivity index (χ1) is 11.6. The number of guanidine groups is 1. The number of nitrogens with one attached hydrogen (secondary N) is 1. The summed E-state index contributed by atoms with van der Waals surface area (Å²) in [7, 11) is 5.82. The Bertz CT molecular complexity index is 763. The number of aromatic nitrogens is 1. The van der Waals surface area contributed by atoms with Crippen LogP contribution in [-0.2, 0) is 20.1 Å². The number of benzene rings is 1. The number of rotatable bonds is 4. The highest BCUT2D eigenvalue weighted by atomic mass is 127. The van der Waals surface area contributed by atoms with Gasteiger partial charge >= 0.3 is 0 Å². The Balaban J connectivity index is 0.00000225. The molecule has 2 heterocycles. The molecule has 0 atom stereocenters.